The van der Waals surface area contributed by atoms with Crippen LogP contribution in [0.5, 0.6) is 11.5 Å². The van der Waals surface area contributed by atoms with Gasteiger partial charge in [0.1, 0.15) is 6.61 Å². The first-order chi connectivity index (χ1) is 10.7. The number of ether oxygens (including phenoxy) is 2. The van der Waals surface area contributed by atoms with E-state index in [0.29, 0.717) is 6.61 Å². The van der Waals surface area contributed by atoms with Crippen molar-refractivity contribution in [1.29, 1.82) is 0 Å². The fraction of sp³-hybridized carbons (Fsp3) is 0.263. The zero-order chi connectivity index (χ0) is 15.8. The minimum Gasteiger partial charge on any atom is -0.493 e. The van der Waals surface area contributed by atoms with E-state index >= 15 is 0 Å². The summed E-state index contributed by atoms with van der Waals surface area (Å²) in [7, 11) is 1.66. The first-order valence-electron chi connectivity index (χ1n) is 7.40. The van der Waals surface area contributed by atoms with Crippen LogP contribution in [0.4, 0.5) is 0 Å². The Morgan fingerprint density at radius 1 is 1.14 bits per heavy atom. The standard InChI is InChI=1S/C19H23NO2/c1-4-11-20-13-16-9-10-18(19(12-16)21-3)22-14-17-8-6-5-7-15(17)2/h4-10,12,20H,1,11,13-14H2,2-3H3. The first kappa shape index (κ1) is 16.1. The molecule has 0 spiro atoms. The molecule has 2 aromatic rings. The van der Waals surface area contributed by atoms with Crippen molar-refractivity contribution in [3.63, 3.8) is 0 Å². The van der Waals surface area contributed by atoms with Crippen LogP contribution in [-0.4, -0.2) is 13.7 Å². The van der Waals surface area contributed by atoms with Gasteiger partial charge in [-0.05, 0) is 35.7 Å². The Balaban J connectivity index is 2.04. The fourth-order valence-corrected chi connectivity index (χ4v) is 2.19. The van der Waals surface area contributed by atoms with Gasteiger partial charge in [-0.25, -0.2) is 0 Å². The number of rotatable bonds is 8. The molecular formula is C19H23NO2. The molecular weight excluding hydrogens is 274 g/mol. The van der Waals surface area contributed by atoms with E-state index in [2.05, 4.69) is 31.0 Å². The predicted octanol–water partition coefficient (Wildman–Crippen LogP) is 3.86. The van der Waals surface area contributed by atoms with Crippen molar-refractivity contribution in [3.8, 4) is 11.5 Å². The van der Waals surface area contributed by atoms with Crippen LogP contribution in [0.15, 0.2) is 55.1 Å². The molecule has 3 heteroatoms. The number of nitrogens with one attached hydrogen (secondary N) is 1. The fourth-order valence-electron chi connectivity index (χ4n) is 2.19. The molecule has 0 unspecified atom stereocenters. The van der Waals surface area contributed by atoms with Gasteiger partial charge < -0.3 is 14.8 Å². The quantitative estimate of drug-likeness (QED) is 0.593. The summed E-state index contributed by atoms with van der Waals surface area (Å²) in [5.74, 6) is 1.52. The highest BCUT2D eigenvalue weighted by molar-refractivity contribution is 5.43. The van der Waals surface area contributed by atoms with E-state index in [-0.39, 0.29) is 0 Å². The van der Waals surface area contributed by atoms with Crippen LogP contribution < -0.4 is 14.8 Å². The number of hydrogen-bond donors (Lipinski definition) is 1. The topological polar surface area (TPSA) is 30.5 Å². The largest absolute Gasteiger partial charge is 0.493 e. The average molecular weight is 297 g/mol. The Morgan fingerprint density at radius 3 is 2.68 bits per heavy atom. The zero-order valence-corrected chi connectivity index (χ0v) is 13.3. The van der Waals surface area contributed by atoms with Crippen molar-refractivity contribution < 1.29 is 9.47 Å². The third kappa shape index (κ3) is 4.37. The second-order valence-corrected chi connectivity index (χ2v) is 5.12. The van der Waals surface area contributed by atoms with Crippen molar-refractivity contribution >= 4 is 0 Å². The number of benzene rings is 2. The minimum atomic E-state index is 0.539. The van der Waals surface area contributed by atoms with Crippen molar-refractivity contribution in [2.45, 2.75) is 20.1 Å². The lowest BCUT2D eigenvalue weighted by molar-refractivity contribution is 0.283. The van der Waals surface area contributed by atoms with Gasteiger partial charge in [-0.1, -0.05) is 36.4 Å². The maximum atomic E-state index is 5.91. The summed E-state index contributed by atoms with van der Waals surface area (Å²) in [5, 5.41) is 3.27. The Labute approximate surface area is 132 Å². The van der Waals surface area contributed by atoms with Crippen molar-refractivity contribution in [1.82, 2.24) is 5.32 Å². The van der Waals surface area contributed by atoms with Crippen LogP contribution in [0, 0.1) is 6.92 Å². The molecule has 2 rings (SSSR count). The van der Waals surface area contributed by atoms with E-state index in [0.717, 1.165) is 30.2 Å². The number of hydrogen-bond acceptors (Lipinski definition) is 3. The Hall–Kier alpha value is -2.26. The van der Waals surface area contributed by atoms with Crippen LogP contribution >= 0.6 is 0 Å². The predicted molar refractivity (Wildman–Crippen MR) is 90.4 cm³/mol. The summed E-state index contributed by atoms with van der Waals surface area (Å²) in [5.41, 5.74) is 3.56. The molecule has 0 saturated heterocycles. The molecule has 1 N–H and O–H groups in total. The summed E-state index contributed by atoms with van der Waals surface area (Å²) in [6, 6.07) is 14.2. The normalized spacial score (nSPS) is 10.3. The molecule has 0 radical (unpaired) electrons. The Bertz CT molecular complexity index is 623. The third-order valence-corrected chi connectivity index (χ3v) is 3.49. The first-order valence-corrected chi connectivity index (χ1v) is 7.40. The lowest BCUT2D eigenvalue weighted by Gasteiger charge is -2.13. The molecule has 116 valence electrons. The summed E-state index contributed by atoms with van der Waals surface area (Å²) < 4.78 is 11.4. The molecule has 0 aromatic heterocycles. The van der Waals surface area contributed by atoms with Gasteiger partial charge in [0.2, 0.25) is 0 Å². The zero-order valence-electron chi connectivity index (χ0n) is 13.3. The van der Waals surface area contributed by atoms with Crippen LogP contribution in [0.2, 0.25) is 0 Å². The molecule has 0 fully saturated rings. The molecule has 0 bridgehead atoms. The molecule has 0 aliphatic rings. The minimum absolute atomic E-state index is 0.539. The van der Waals surface area contributed by atoms with Crippen LogP contribution in [0.3, 0.4) is 0 Å². The van der Waals surface area contributed by atoms with E-state index < -0.39 is 0 Å². The van der Waals surface area contributed by atoms with E-state index in [1.165, 1.54) is 11.1 Å². The maximum absolute atomic E-state index is 5.91. The average Bonchev–Trinajstić information content (AvgIpc) is 2.55. The van der Waals surface area contributed by atoms with Crippen LogP contribution in [-0.2, 0) is 13.2 Å². The smallest absolute Gasteiger partial charge is 0.161 e. The van der Waals surface area contributed by atoms with Gasteiger partial charge in [0.25, 0.3) is 0 Å². The molecule has 3 nitrogen and oxygen atoms in total. The van der Waals surface area contributed by atoms with Crippen LogP contribution in [0.25, 0.3) is 0 Å². The molecule has 22 heavy (non-hydrogen) atoms. The van der Waals surface area contributed by atoms with Gasteiger partial charge in [0, 0.05) is 13.1 Å². The highest BCUT2D eigenvalue weighted by Gasteiger charge is 2.07. The highest BCUT2D eigenvalue weighted by atomic mass is 16.5. The van der Waals surface area contributed by atoms with Crippen molar-refractivity contribution in [3.05, 3.63) is 71.8 Å². The second-order valence-electron chi connectivity index (χ2n) is 5.12. The van der Waals surface area contributed by atoms with E-state index in [1.54, 1.807) is 7.11 Å². The second kappa shape index (κ2) is 8.25. The number of methoxy groups -OCH3 is 1. The van der Waals surface area contributed by atoms with Gasteiger partial charge in [0.05, 0.1) is 7.11 Å². The Morgan fingerprint density at radius 2 is 1.95 bits per heavy atom. The van der Waals surface area contributed by atoms with E-state index in [4.69, 9.17) is 9.47 Å². The van der Waals surface area contributed by atoms with Crippen molar-refractivity contribution in [2.75, 3.05) is 13.7 Å². The van der Waals surface area contributed by atoms with Gasteiger partial charge in [-0.3, -0.25) is 0 Å². The molecule has 2 aromatic carbocycles. The SMILES string of the molecule is C=CCNCc1ccc(OCc2ccccc2C)c(OC)c1. The molecule has 0 aliphatic carbocycles. The molecule has 0 heterocycles. The number of aryl methyl sites for hydroxylation is 1. The third-order valence-electron chi connectivity index (χ3n) is 3.49. The Kier molecular flexibility index (Phi) is 6.04. The van der Waals surface area contributed by atoms with Crippen LogP contribution in [0.1, 0.15) is 16.7 Å². The summed E-state index contributed by atoms with van der Waals surface area (Å²) in [4.78, 5) is 0. The molecule has 0 saturated carbocycles. The lowest BCUT2D eigenvalue weighted by Crippen LogP contribution is -2.12. The van der Waals surface area contributed by atoms with E-state index in [9.17, 15) is 0 Å². The summed E-state index contributed by atoms with van der Waals surface area (Å²) >= 11 is 0. The van der Waals surface area contributed by atoms with Gasteiger partial charge in [-0.15, -0.1) is 6.58 Å². The van der Waals surface area contributed by atoms with Gasteiger partial charge in [0.15, 0.2) is 11.5 Å². The van der Waals surface area contributed by atoms with Gasteiger partial charge in [-0.2, -0.15) is 0 Å². The molecule has 0 aliphatic heterocycles. The molecule has 0 amide bonds. The summed E-state index contributed by atoms with van der Waals surface area (Å²) in [6.45, 7) is 7.88. The van der Waals surface area contributed by atoms with E-state index in [1.807, 2.05) is 36.4 Å². The lowest BCUT2D eigenvalue weighted by atomic mass is 10.1. The molecule has 0 atom stereocenters. The maximum Gasteiger partial charge on any atom is 0.161 e. The van der Waals surface area contributed by atoms with Gasteiger partial charge >= 0.3 is 0 Å². The highest BCUT2D eigenvalue weighted by Crippen LogP contribution is 2.29. The summed E-state index contributed by atoms with van der Waals surface area (Å²) in [6.07, 6.45) is 1.84. The monoisotopic (exact) mass is 297 g/mol. The van der Waals surface area contributed by atoms with Crippen molar-refractivity contribution in [2.24, 2.45) is 0 Å².